The van der Waals surface area contributed by atoms with Crippen LogP contribution < -0.4 is 5.32 Å². The molecule has 0 radical (unpaired) electrons. The van der Waals surface area contributed by atoms with Crippen molar-refractivity contribution in [2.45, 2.75) is 71.3 Å². The second-order valence-corrected chi connectivity index (χ2v) is 9.66. The van der Waals surface area contributed by atoms with Gasteiger partial charge in [0.25, 0.3) is 0 Å². The van der Waals surface area contributed by atoms with E-state index in [4.69, 9.17) is 0 Å². The number of carbonyl (C=O) groups is 2. The summed E-state index contributed by atoms with van der Waals surface area (Å²) in [6.45, 7) is 8.08. The third-order valence-corrected chi connectivity index (χ3v) is 6.05. The summed E-state index contributed by atoms with van der Waals surface area (Å²) in [4.78, 5) is 29.3. The van der Waals surface area contributed by atoms with Gasteiger partial charge >= 0.3 is 6.18 Å². The lowest BCUT2D eigenvalue weighted by atomic mass is 9.94. The molecular weight excluding hydrogens is 407 g/mol. The number of rotatable bonds is 4. The lowest BCUT2D eigenvalue weighted by Gasteiger charge is -2.34. The molecule has 2 saturated heterocycles. The number of hydrogen-bond acceptors (Lipinski definition) is 3. The van der Waals surface area contributed by atoms with Gasteiger partial charge in [-0.15, -0.1) is 0 Å². The molecule has 2 heterocycles. The Morgan fingerprint density at radius 3 is 2.35 bits per heavy atom. The number of benzene rings is 1. The van der Waals surface area contributed by atoms with Crippen molar-refractivity contribution in [2.75, 3.05) is 19.6 Å². The van der Waals surface area contributed by atoms with Gasteiger partial charge in [0.05, 0.1) is 5.56 Å². The normalized spacial score (nSPS) is 21.4. The molecule has 0 aromatic heterocycles. The second-order valence-electron chi connectivity index (χ2n) is 9.66. The number of nitrogens with zero attached hydrogens (tertiary/aromatic N) is 2. The van der Waals surface area contributed by atoms with Crippen molar-refractivity contribution in [3.05, 3.63) is 35.4 Å². The molecule has 3 rings (SSSR count). The van der Waals surface area contributed by atoms with Crippen molar-refractivity contribution in [3.8, 4) is 0 Å². The van der Waals surface area contributed by atoms with Gasteiger partial charge in [-0.05, 0) is 37.3 Å². The van der Waals surface area contributed by atoms with Crippen molar-refractivity contribution in [2.24, 2.45) is 5.41 Å². The molecule has 5 nitrogen and oxygen atoms in total. The Kier molecular flexibility index (Phi) is 6.98. The number of halogens is 3. The Morgan fingerprint density at radius 2 is 1.74 bits per heavy atom. The maximum Gasteiger partial charge on any atom is 0.416 e. The van der Waals surface area contributed by atoms with Gasteiger partial charge in [0, 0.05) is 37.6 Å². The lowest BCUT2D eigenvalue weighted by Crippen LogP contribution is -2.53. The number of alkyl halides is 3. The molecule has 2 aliphatic heterocycles. The van der Waals surface area contributed by atoms with Crippen LogP contribution in [-0.2, 0) is 22.3 Å². The van der Waals surface area contributed by atoms with Crippen LogP contribution in [0.15, 0.2) is 24.3 Å². The minimum Gasteiger partial charge on any atom is -0.351 e. The first-order chi connectivity index (χ1) is 14.4. The molecule has 8 heteroatoms. The number of amides is 2. The highest BCUT2D eigenvalue weighted by atomic mass is 19.4. The number of hydrogen-bond donors (Lipinski definition) is 1. The van der Waals surface area contributed by atoms with Gasteiger partial charge < -0.3 is 10.2 Å². The molecule has 2 amide bonds. The van der Waals surface area contributed by atoms with Gasteiger partial charge in [-0.2, -0.15) is 13.2 Å². The van der Waals surface area contributed by atoms with Crippen LogP contribution in [0.4, 0.5) is 13.2 Å². The van der Waals surface area contributed by atoms with Crippen LogP contribution in [0, 0.1) is 5.41 Å². The molecule has 0 saturated carbocycles. The van der Waals surface area contributed by atoms with Crippen LogP contribution in [0.2, 0.25) is 0 Å². The smallest absolute Gasteiger partial charge is 0.351 e. The molecule has 1 aromatic carbocycles. The Hall–Kier alpha value is -2.09. The van der Waals surface area contributed by atoms with Crippen LogP contribution >= 0.6 is 0 Å². The van der Waals surface area contributed by atoms with Crippen LogP contribution in [0.3, 0.4) is 0 Å². The predicted molar refractivity (Wildman–Crippen MR) is 112 cm³/mol. The molecule has 0 spiro atoms. The number of carbonyl (C=O) groups excluding carboxylic acids is 2. The van der Waals surface area contributed by atoms with E-state index >= 15 is 0 Å². The molecule has 1 unspecified atom stereocenters. The van der Waals surface area contributed by atoms with Crippen molar-refractivity contribution in [3.63, 3.8) is 0 Å². The first-order valence-corrected chi connectivity index (χ1v) is 10.9. The van der Waals surface area contributed by atoms with E-state index in [0.717, 1.165) is 25.3 Å². The van der Waals surface area contributed by atoms with Gasteiger partial charge in [-0.25, -0.2) is 0 Å². The van der Waals surface area contributed by atoms with Crippen molar-refractivity contribution in [1.29, 1.82) is 0 Å². The topological polar surface area (TPSA) is 52.7 Å². The van der Waals surface area contributed by atoms with Crippen LogP contribution in [0.25, 0.3) is 0 Å². The molecule has 1 aromatic rings. The van der Waals surface area contributed by atoms with E-state index in [1.165, 1.54) is 12.1 Å². The average Bonchev–Trinajstić information content (AvgIpc) is 3.17. The molecule has 2 aliphatic rings. The highest BCUT2D eigenvalue weighted by Gasteiger charge is 2.39. The van der Waals surface area contributed by atoms with Crippen molar-refractivity contribution >= 4 is 11.8 Å². The van der Waals surface area contributed by atoms with E-state index in [0.29, 0.717) is 38.2 Å². The fourth-order valence-corrected chi connectivity index (χ4v) is 4.35. The van der Waals surface area contributed by atoms with Gasteiger partial charge in [0.15, 0.2) is 0 Å². The first kappa shape index (κ1) is 23.6. The van der Waals surface area contributed by atoms with Gasteiger partial charge in [-0.3, -0.25) is 14.5 Å². The largest absolute Gasteiger partial charge is 0.416 e. The third kappa shape index (κ3) is 5.99. The minimum absolute atomic E-state index is 0.000978. The Labute approximate surface area is 182 Å². The zero-order valence-corrected chi connectivity index (χ0v) is 18.5. The summed E-state index contributed by atoms with van der Waals surface area (Å²) >= 11 is 0. The molecule has 2 fully saturated rings. The van der Waals surface area contributed by atoms with Crippen molar-refractivity contribution in [1.82, 2.24) is 15.1 Å². The number of piperidine rings is 1. The monoisotopic (exact) mass is 439 g/mol. The molecule has 172 valence electrons. The van der Waals surface area contributed by atoms with Crippen LogP contribution in [-0.4, -0.2) is 53.3 Å². The molecule has 0 aliphatic carbocycles. The van der Waals surface area contributed by atoms with E-state index < -0.39 is 23.2 Å². The summed E-state index contributed by atoms with van der Waals surface area (Å²) in [7, 11) is 0. The van der Waals surface area contributed by atoms with Crippen LogP contribution in [0.5, 0.6) is 0 Å². The third-order valence-electron chi connectivity index (χ3n) is 6.05. The zero-order chi connectivity index (χ0) is 22.8. The Morgan fingerprint density at radius 1 is 1.06 bits per heavy atom. The van der Waals surface area contributed by atoms with E-state index in [-0.39, 0.29) is 17.9 Å². The molecule has 1 atom stereocenters. The molecule has 1 N–H and O–H groups in total. The lowest BCUT2D eigenvalue weighted by molar-refractivity contribution is -0.145. The number of likely N-dealkylation sites (tertiary alicyclic amines) is 2. The Bertz CT molecular complexity index is 796. The van der Waals surface area contributed by atoms with Gasteiger partial charge in [0.2, 0.25) is 11.8 Å². The molecular formula is C23H32F3N3O2. The van der Waals surface area contributed by atoms with Crippen molar-refractivity contribution < 1.29 is 22.8 Å². The SMILES string of the molecule is CC(C)(C)C(=O)N1CCCC1C(=O)NC1CCN(Cc2cccc(C(F)(F)F)c2)CC1. The van der Waals surface area contributed by atoms with Gasteiger partial charge in [0.1, 0.15) is 6.04 Å². The summed E-state index contributed by atoms with van der Waals surface area (Å²) < 4.78 is 38.7. The second kappa shape index (κ2) is 9.18. The van der Waals surface area contributed by atoms with Crippen LogP contribution in [0.1, 0.15) is 57.6 Å². The predicted octanol–water partition coefficient (Wildman–Crippen LogP) is 3.82. The molecule has 0 bridgehead atoms. The van der Waals surface area contributed by atoms with Gasteiger partial charge in [-0.1, -0.05) is 39.0 Å². The first-order valence-electron chi connectivity index (χ1n) is 10.9. The summed E-state index contributed by atoms with van der Waals surface area (Å²) in [5, 5.41) is 3.10. The fraction of sp³-hybridized carbons (Fsp3) is 0.652. The number of nitrogens with one attached hydrogen (secondary N) is 1. The zero-order valence-electron chi connectivity index (χ0n) is 18.5. The molecule has 31 heavy (non-hydrogen) atoms. The quantitative estimate of drug-likeness (QED) is 0.776. The van der Waals surface area contributed by atoms with E-state index in [9.17, 15) is 22.8 Å². The highest BCUT2D eigenvalue weighted by molar-refractivity contribution is 5.90. The van der Waals surface area contributed by atoms with E-state index in [1.54, 1.807) is 11.0 Å². The minimum atomic E-state index is -4.34. The standard InChI is InChI=1S/C23H32F3N3O2/c1-22(2,3)21(31)29-11-5-8-19(29)20(30)27-18-9-12-28(13-10-18)15-16-6-4-7-17(14-16)23(24,25)26/h4,6-7,14,18-19H,5,8-13,15H2,1-3H3,(H,27,30). The summed E-state index contributed by atoms with van der Waals surface area (Å²) in [5.41, 5.74) is -0.505. The highest BCUT2D eigenvalue weighted by Crippen LogP contribution is 2.30. The maximum atomic E-state index is 12.9. The maximum absolute atomic E-state index is 12.9. The summed E-state index contributed by atoms with van der Waals surface area (Å²) in [5.74, 6) is -0.0903. The van der Waals surface area contributed by atoms with E-state index in [2.05, 4.69) is 10.2 Å². The van der Waals surface area contributed by atoms with E-state index in [1.807, 2.05) is 20.8 Å². The summed E-state index contributed by atoms with van der Waals surface area (Å²) in [6.07, 6.45) is -1.34. The summed E-state index contributed by atoms with van der Waals surface area (Å²) in [6, 6.07) is 5.06. The fourth-order valence-electron chi connectivity index (χ4n) is 4.35. The Balaban J connectivity index is 1.50. The average molecular weight is 440 g/mol.